The number of carbonyl (C=O) groups is 2. The van der Waals surface area contributed by atoms with E-state index in [1.54, 1.807) is 17.0 Å². The summed E-state index contributed by atoms with van der Waals surface area (Å²) in [6, 6.07) is 5.36. The Bertz CT molecular complexity index is 651. The molecule has 7 heteroatoms. The quantitative estimate of drug-likeness (QED) is 0.819. The number of amides is 2. The van der Waals surface area contributed by atoms with E-state index in [1.165, 1.54) is 0 Å². The molecular weight excluding hydrogens is 375 g/mol. The van der Waals surface area contributed by atoms with Crippen molar-refractivity contribution >= 4 is 35.2 Å². The topological polar surface area (TPSA) is 58.6 Å². The van der Waals surface area contributed by atoms with Gasteiger partial charge in [0, 0.05) is 35.6 Å². The van der Waals surface area contributed by atoms with Crippen LogP contribution in [0, 0.1) is 5.92 Å². The summed E-state index contributed by atoms with van der Waals surface area (Å²) in [7, 11) is 0. The molecule has 1 N–H and O–H groups in total. The third-order valence-corrected chi connectivity index (χ3v) is 4.81. The molecule has 5 nitrogen and oxygen atoms in total. The molecule has 1 aromatic rings. The first-order valence-electron chi connectivity index (χ1n) is 8.85. The van der Waals surface area contributed by atoms with E-state index < -0.39 is 5.60 Å². The van der Waals surface area contributed by atoms with Crippen LogP contribution in [-0.2, 0) is 16.0 Å². The largest absolute Gasteiger partial charge is 0.444 e. The highest BCUT2D eigenvalue weighted by atomic mass is 35.5. The number of ether oxygens (including phenoxy) is 1. The van der Waals surface area contributed by atoms with Gasteiger partial charge in [0.05, 0.1) is 0 Å². The van der Waals surface area contributed by atoms with E-state index in [4.69, 9.17) is 27.9 Å². The molecule has 26 heavy (non-hydrogen) atoms. The summed E-state index contributed by atoms with van der Waals surface area (Å²) >= 11 is 12.0. The minimum atomic E-state index is -0.506. The number of piperidine rings is 1. The Morgan fingerprint density at radius 1 is 1.23 bits per heavy atom. The smallest absolute Gasteiger partial charge is 0.410 e. The third-order valence-electron chi connectivity index (χ3n) is 4.23. The van der Waals surface area contributed by atoms with Gasteiger partial charge in [0.25, 0.3) is 0 Å². The van der Waals surface area contributed by atoms with Crippen molar-refractivity contribution in [2.24, 2.45) is 5.92 Å². The first-order chi connectivity index (χ1) is 12.2. The van der Waals surface area contributed by atoms with E-state index in [9.17, 15) is 9.59 Å². The molecule has 2 rings (SSSR count). The zero-order valence-corrected chi connectivity index (χ0v) is 17.0. The van der Waals surface area contributed by atoms with Gasteiger partial charge in [-0.15, -0.1) is 0 Å². The zero-order chi connectivity index (χ0) is 19.3. The maximum Gasteiger partial charge on any atom is 0.410 e. The average molecular weight is 401 g/mol. The lowest BCUT2D eigenvalue weighted by atomic mass is 9.96. The Morgan fingerprint density at radius 3 is 2.46 bits per heavy atom. The predicted octanol–water partition coefficient (Wildman–Crippen LogP) is 4.30. The van der Waals surface area contributed by atoms with Crippen LogP contribution >= 0.6 is 23.2 Å². The highest BCUT2D eigenvalue weighted by molar-refractivity contribution is 6.35. The predicted molar refractivity (Wildman–Crippen MR) is 104 cm³/mol. The average Bonchev–Trinajstić information content (AvgIpc) is 2.55. The number of hydrogen-bond acceptors (Lipinski definition) is 3. The Kier molecular flexibility index (Phi) is 7.18. The Balaban J connectivity index is 1.73. The van der Waals surface area contributed by atoms with Gasteiger partial charge in [0.2, 0.25) is 5.91 Å². The number of nitrogens with zero attached hydrogens (tertiary/aromatic N) is 1. The second-order valence-electron chi connectivity index (χ2n) is 7.52. The first kappa shape index (κ1) is 20.8. The summed E-state index contributed by atoms with van der Waals surface area (Å²) in [4.78, 5) is 26.1. The summed E-state index contributed by atoms with van der Waals surface area (Å²) < 4.78 is 5.37. The van der Waals surface area contributed by atoms with Crippen molar-refractivity contribution in [1.29, 1.82) is 0 Å². The van der Waals surface area contributed by atoms with Crippen LogP contribution in [0.2, 0.25) is 10.0 Å². The number of likely N-dealkylation sites (tertiary alicyclic amines) is 1. The van der Waals surface area contributed by atoms with Gasteiger partial charge in [-0.1, -0.05) is 29.3 Å². The van der Waals surface area contributed by atoms with Crippen LogP contribution in [0.15, 0.2) is 18.2 Å². The molecule has 1 aromatic carbocycles. The van der Waals surface area contributed by atoms with Crippen LogP contribution in [-0.4, -0.2) is 42.1 Å². The van der Waals surface area contributed by atoms with E-state index in [0.29, 0.717) is 48.9 Å². The normalized spacial score (nSPS) is 15.7. The van der Waals surface area contributed by atoms with Gasteiger partial charge >= 0.3 is 6.09 Å². The van der Waals surface area contributed by atoms with Crippen molar-refractivity contribution in [3.05, 3.63) is 33.8 Å². The number of benzene rings is 1. The summed E-state index contributed by atoms with van der Waals surface area (Å²) in [6.07, 6.45) is 1.63. The molecule has 0 atom stereocenters. The molecule has 1 saturated heterocycles. The monoisotopic (exact) mass is 400 g/mol. The molecule has 0 unspecified atom stereocenters. The number of halogens is 2. The fourth-order valence-corrected chi connectivity index (χ4v) is 3.34. The molecule has 0 bridgehead atoms. The molecule has 0 saturated carbocycles. The van der Waals surface area contributed by atoms with Crippen molar-refractivity contribution in [3.63, 3.8) is 0 Å². The van der Waals surface area contributed by atoms with Crippen molar-refractivity contribution in [3.8, 4) is 0 Å². The number of nitrogens with one attached hydrogen (secondary N) is 1. The van der Waals surface area contributed by atoms with Crippen molar-refractivity contribution in [1.82, 2.24) is 10.2 Å². The lowest BCUT2D eigenvalue weighted by Crippen LogP contribution is -2.45. The van der Waals surface area contributed by atoms with Crippen LogP contribution < -0.4 is 5.32 Å². The lowest BCUT2D eigenvalue weighted by molar-refractivity contribution is -0.126. The minimum absolute atomic E-state index is 0.0268. The lowest BCUT2D eigenvalue weighted by Gasteiger charge is -2.32. The van der Waals surface area contributed by atoms with Gasteiger partial charge in [-0.3, -0.25) is 4.79 Å². The van der Waals surface area contributed by atoms with E-state index >= 15 is 0 Å². The van der Waals surface area contributed by atoms with Gasteiger partial charge in [-0.05, 0) is 57.7 Å². The Morgan fingerprint density at radius 2 is 1.88 bits per heavy atom. The summed E-state index contributed by atoms with van der Waals surface area (Å²) in [5, 5.41) is 4.17. The van der Waals surface area contributed by atoms with Crippen molar-refractivity contribution < 1.29 is 14.3 Å². The fraction of sp³-hybridized carbons (Fsp3) is 0.579. The fourth-order valence-electron chi connectivity index (χ4n) is 2.84. The highest BCUT2D eigenvalue weighted by Gasteiger charge is 2.29. The SMILES string of the molecule is CC(C)(C)OC(=O)N1CCC(C(=O)NCCc2ccc(Cl)cc2Cl)CC1. The molecule has 1 fully saturated rings. The first-order valence-corrected chi connectivity index (χ1v) is 9.61. The second kappa shape index (κ2) is 8.96. The maximum atomic E-state index is 12.3. The van der Waals surface area contributed by atoms with E-state index in [1.807, 2.05) is 26.8 Å². The molecule has 0 spiro atoms. The van der Waals surface area contributed by atoms with Gasteiger partial charge in [-0.2, -0.15) is 0 Å². The summed E-state index contributed by atoms with van der Waals surface area (Å²) in [5.74, 6) is -0.0479. The molecule has 1 heterocycles. The number of hydrogen-bond donors (Lipinski definition) is 1. The van der Waals surface area contributed by atoms with Crippen LogP contribution in [0.5, 0.6) is 0 Å². The molecule has 1 aliphatic heterocycles. The summed E-state index contributed by atoms with van der Waals surface area (Å²) in [5.41, 5.74) is 0.449. The number of carbonyl (C=O) groups excluding carboxylic acids is 2. The van der Waals surface area contributed by atoms with E-state index in [-0.39, 0.29) is 17.9 Å². The number of rotatable bonds is 4. The Hall–Kier alpha value is -1.46. The maximum absolute atomic E-state index is 12.3. The van der Waals surface area contributed by atoms with Crippen molar-refractivity contribution in [2.75, 3.05) is 19.6 Å². The summed E-state index contributed by atoms with van der Waals surface area (Å²) in [6.45, 7) is 7.13. The van der Waals surface area contributed by atoms with Gasteiger partial charge in [0.15, 0.2) is 0 Å². The van der Waals surface area contributed by atoms with E-state index in [0.717, 1.165) is 5.56 Å². The van der Waals surface area contributed by atoms with Crippen LogP contribution in [0.25, 0.3) is 0 Å². The highest BCUT2D eigenvalue weighted by Crippen LogP contribution is 2.22. The van der Waals surface area contributed by atoms with Crippen LogP contribution in [0.1, 0.15) is 39.2 Å². The standard InChI is InChI=1S/C19H26Cl2N2O3/c1-19(2,3)26-18(25)23-10-7-14(8-11-23)17(24)22-9-6-13-4-5-15(20)12-16(13)21/h4-5,12,14H,6-11H2,1-3H3,(H,22,24). The molecule has 0 aliphatic carbocycles. The second-order valence-corrected chi connectivity index (χ2v) is 8.36. The van der Waals surface area contributed by atoms with Crippen LogP contribution in [0.3, 0.4) is 0 Å². The third kappa shape index (κ3) is 6.36. The molecule has 0 aromatic heterocycles. The molecule has 144 valence electrons. The molecule has 0 radical (unpaired) electrons. The van der Waals surface area contributed by atoms with Crippen LogP contribution in [0.4, 0.5) is 4.79 Å². The zero-order valence-electron chi connectivity index (χ0n) is 15.5. The van der Waals surface area contributed by atoms with Gasteiger partial charge < -0.3 is 15.0 Å². The van der Waals surface area contributed by atoms with Gasteiger partial charge in [0.1, 0.15) is 5.60 Å². The van der Waals surface area contributed by atoms with Gasteiger partial charge in [-0.25, -0.2) is 4.79 Å². The van der Waals surface area contributed by atoms with Crippen molar-refractivity contribution in [2.45, 2.75) is 45.6 Å². The minimum Gasteiger partial charge on any atom is -0.444 e. The Labute approximate surface area is 165 Å². The molecular formula is C19H26Cl2N2O3. The van der Waals surface area contributed by atoms with E-state index in [2.05, 4.69) is 5.32 Å². The molecule has 2 amide bonds. The molecule has 1 aliphatic rings.